The Morgan fingerprint density at radius 3 is 2.64 bits per heavy atom. The number of benzene rings is 1. The summed E-state index contributed by atoms with van der Waals surface area (Å²) in [5, 5.41) is 5.99. The normalized spacial score (nSPS) is 26.8. The van der Waals surface area contributed by atoms with Gasteiger partial charge in [0.25, 0.3) is 0 Å². The van der Waals surface area contributed by atoms with Crippen molar-refractivity contribution in [2.75, 3.05) is 26.4 Å². The van der Waals surface area contributed by atoms with Gasteiger partial charge in [-0.25, -0.2) is 4.79 Å². The van der Waals surface area contributed by atoms with Crippen LogP contribution < -0.4 is 10.6 Å². The van der Waals surface area contributed by atoms with Crippen molar-refractivity contribution in [3.8, 4) is 0 Å². The summed E-state index contributed by atoms with van der Waals surface area (Å²) in [4.78, 5) is 12.3. The highest BCUT2D eigenvalue weighted by atomic mass is 16.7. The van der Waals surface area contributed by atoms with Crippen LogP contribution in [-0.4, -0.2) is 44.2 Å². The fraction of sp³-hybridized carbons (Fsp3) is 0.632. The van der Waals surface area contributed by atoms with Crippen molar-refractivity contribution in [1.82, 2.24) is 10.6 Å². The van der Waals surface area contributed by atoms with Gasteiger partial charge in [-0.15, -0.1) is 0 Å². The van der Waals surface area contributed by atoms with Crippen molar-refractivity contribution in [3.05, 3.63) is 35.9 Å². The summed E-state index contributed by atoms with van der Waals surface area (Å²) in [5.41, 5.74) is 1.04. The van der Waals surface area contributed by atoms with E-state index in [1.807, 2.05) is 44.2 Å². The van der Waals surface area contributed by atoms with E-state index in [1.165, 1.54) is 0 Å². The Balaban J connectivity index is 1.57. The standard InChI is InChI=1S/C19H28N2O4/c1-19(2)24-13-16(17(25-19)15-6-4-3-5-7-15)21-18(22)20-12-14-8-10-23-11-9-14/h3-7,14,16-17H,8-13H2,1-2H3,(H2,20,21,22)/t16-,17-/m1/s1. The zero-order valence-corrected chi connectivity index (χ0v) is 15.0. The molecule has 0 aliphatic carbocycles. The summed E-state index contributed by atoms with van der Waals surface area (Å²) in [6.07, 6.45) is 1.76. The first-order valence-electron chi connectivity index (χ1n) is 9.02. The summed E-state index contributed by atoms with van der Waals surface area (Å²) < 4.78 is 17.2. The average Bonchev–Trinajstić information content (AvgIpc) is 2.63. The van der Waals surface area contributed by atoms with E-state index in [0.717, 1.165) is 31.6 Å². The number of rotatable bonds is 4. The van der Waals surface area contributed by atoms with Crippen molar-refractivity contribution in [1.29, 1.82) is 0 Å². The Morgan fingerprint density at radius 2 is 1.92 bits per heavy atom. The largest absolute Gasteiger partial charge is 0.381 e. The first kappa shape index (κ1) is 18.2. The Hall–Kier alpha value is -1.63. The lowest BCUT2D eigenvalue weighted by atomic mass is 10.00. The van der Waals surface area contributed by atoms with Gasteiger partial charge in [-0.1, -0.05) is 30.3 Å². The van der Waals surface area contributed by atoms with Crippen LogP contribution in [-0.2, 0) is 14.2 Å². The molecule has 2 amide bonds. The lowest BCUT2D eigenvalue weighted by Gasteiger charge is -2.41. The molecule has 2 fully saturated rings. The molecule has 1 aromatic rings. The summed E-state index contributed by atoms with van der Waals surface area (Å²) in [6.45, 7) is 6.43. The molecular formula is C19H28N2O4. The lowest BCUT2D eigenvalue weighted by Crippen LogP contribution is -2.54. The second-order valence-electron chi connectivity index (χ2n) is 7.18. The highest BCUT2D eigenvalue weighted by Gasteiger charge is 2.38. The van der Waals surface area contributed by atoms with Gasteiger partial charge < -0.3 is 24.8 Å². The molecule has 0 radical (unpaired) electrons. The van der Waals surface area contributed by atoms with E-state index in [4.69, 9.17) is 14.2 Å². The molecule has 2 N–H and O–H groups in total. The maximum Gasteiger partial charge on any atom is 0.315 e. The lowest BCUT2D eigenvalue weighted by molar-refractivity contribution is -0.284. The molecule has 3 rings (SSSR count). The minimum absolute atomic E-state index is 0.177. The molecule has 0 bridgehead atoms. The molecule has 2 aliphatic heterocycles. The van der Waals surface area contributed by atoms with Crippen LogP contribution in [0.15, 0.2) is 30.3 Å². The van der Waals surface area contributed by atoms with Crippen LogP contribution in [0.3, 0.4) is 0 Å². The Morgan fingerprint density at radius 1 is 1.20 bits per heavy atom. The molecule has 6 nitrogen and oxygen atoms in total. The fourth-order valence-electron chi connectivity index (χ4n) is 3.27. The van der Waals surface area contributed by atoms with Gasteiger partial charge in [-0.3, -0.25) is 0 Å². The molecule has 2 saturated heterocycles. The van der Waals surface area contributed by atoms with E-state index in [9.17, 15) is 4.79 Å². The number of nitrogens with one attached hydrogen (secondary N) is 2. The van der Waals surface area contributed by atoms with Crippen LogP contribution >= 0.6 is 0 Å². The van der Waals surface area contributed by atoms with E-state index in [1.54, 1.807) is 0 Å². The molecule has 2 aliphatic rings. The quantitative estimate of drug-likeness (QED) is 0.878. The fourth-order valence-corrected chi connectivity index (χ4v) is 3.27. The number of carbonyl (C=O) groups excluding carboxylic acids is 1. The third-order valence-corrected chi connectivity index (χ3v) is 4.72. The monoisotopic (exact) mass is 348 g/mol. The van der Waals surface area contributed by atoms with Gasteiger partial charge in [0.15, 0.2) is 5.79 Å². The number of hydrogen-bond acceptors (Lipinski definition) is 4. The van der Waals surface area contributed by atoms with E-state index in [-0.39, 0.29) is 18.2 Å². The van der Waals surface area contributed by atoms with Crippen LogP contribution in [0.4, 0.5) is 4.79 Å². The number of amides is 2. The highest BCUT2D eigenvalue weighted by Crippen LogP contribution is 2.32. The van der Waals surface area contributed by atoms with Crippen molar-refractivity contribution in [2.24, 2.45) is 5.92 Å². The van der Waals surface area contributed by atoms with E-state index in [2.05, 4.69) is 10.6 Å². The molecule has 0 saturated carbocycles. The van der Waals surface area contributed by atoms with Crippen molar-refractivity contribution in [2.45, 2.75) is 44.6 Å². The van der Waals surface area contributed by atoms with Crippen LogP contribution in [0.1, 0.15) is 38.4 Å². The van der Waals surface area contributed by atoms with Gasteiger partial charge in [0.05, 0.1) is 12.6 Å². The molecular weight excluding hydrogens is 320 g/mol. The van der Waals surface area contributed by atoms with Gasteiger partial charge in [-0.2, -0.15) is 0 Å². The first-order valence-corrected chi connectivity index (χ1v) is 9.02. The second-order valence-corrected chi connectivity index (χ2v) is 7.18. The van der Waals surface area contributed by atoms with Crippen molar-refractivity contribution < 1.29 is 19.0 Å². The summed E-state index contributed by atoms with van der Waals surface area (Å²) in [7, 11) is 0. The molecule has 2 atom stereocenters. The van der Waals surface area contributed by atoms with Crippen molar-refractivity contribution in [3.63, 3.8) is 0 Å². The molecule has 0 spiro atoms. The van der Waals surface area contributed by atoms with Gasteiger partial charge >= 0.3 is 6.03 Å². The van der Waals surface area contributed by atoms with Crippen LogP contribution in [0, 0.1) is 5.92 Å². The van der Waals surface area contributed by atoms with Gasteiger partial charge in [-0.05, 0) is 38.2 Å². The number of urea groups is 1. The zero-order chi connectivity index (χ0) is 17.7. The first-order chi connectivity index (χ1) is 12.0. The van der Waals surface area contributed by atoms with Crippen LogP contribution in [0.2, 0.25) is 0 Å². The molecule has 138 valence electrons. The van der Waals surface area contributed by atoms with Gasteiger partial charge in [0, 0.05) is 19.8 Å². The van der Waals surface area contributed by atoms with Crippen LogP contribution in [0.25, 0.3) is 0 Å². The SMILES string of the molecule is CC1(C)OC[C@@H](NC(=O)NCC2CCOCC2)[C@@H](c2ccccc2)O1. The maximum atomic E-state index is 12.3. The average molecular weight is 348 g/mol. The minimum atomic E-state index is -0.669. The topological polar surface area (TPSA) is 68.8 Å². The maximum absolute atomic E-state index is 12.3. The van der Waals surface area contributed by atoms with Crippen LogP contribution in [0.5, 0.6) is 0 Å². The van der Waals surface area contributed by atoms with E-state index >= 15 is 0 Å². The number of hydrogen-bond donors (Lipinski definition) is 2. The molecule has 2 heterocycles. The highest BCUT2D eigenvalue weighted by molar-refractivity contribution is 5.74. The molecule has 6 heteroatoms. The Labute approximate surface area is 149 Å². The predicted octanol–water partition coefficient (Wildman–Crippen LogP) is 2.61. The predicted molar refractivity (Wildman–Crippen MR) is 94.2 cm³/mol. The van der Waals surface area contributed by atoms with Gasteiger partial charge in [0.2, 0.25) is 0 Å². The molecule has 25 heavy (non-hydrogen) atoms. The molecule has 0 unspecified atom stereocenters. The van der Waals surface area contributed by atoms with E-state index < -0.39 is 5.79 Å². The summed E-state index contributed by atoms with van der Waals surface area (Å²) >= 11 is 0. The Kier molecular flexibility index (Phi) is 5.93. The zero-order valence-electron chi connectivity index (χ0n) is 15.0. The smallest absolute Gasteiger partial charge is 0.315 e. The third-order valence-electron chi connectivity index (χ3n) is 4.72. The Bertz CT molecular complexity index is 558. The summed E-state index contributed by atoms with van der Waals surface area (Å²) in [6, 6.07) is 9.54. The molecule has 1 aromatic carbocycles. The third kappa shape index (κ3) is 5.17. The number of ether oxygens (including phenoxy) is 3. The minimum Gasteiger partial charge on any atom is -0.381 e. The molecule has 0 aromatic heterocycles. The second kappa shape index (κ2) is 8.17. The van der Waals surface area contributed by atoms with E-state index in [0.29, 0.717) is 19.1 Å². The van der Waals surface area contributed by atoms with Gasteiger partial charge in [0.1, 0.15) is 6.10 Å². The number of carbonyl (C=O) groups is 1. The summed E-state index contributed by atoms with van der Waals surface area (Å²) in [5.74, 6) is -0.181. The van der Waals surface area contributed by atoms with Crippen molar-refractivity contribution >= 4 is 6.03 Å².